The molecule has 14 aromatic rings. The Morgan fingerprint density at radius 2 is 0.789 bits per heavy atom. The summed E-state index contributed by atoms with van der Waals surface area (Å²) in [7, 11) is 0. The number of hydrogen-bond acceptors (Lipinski definition) is 1. The number of fused-ring (bicyclic) bond motifs is 11. The fraction of sp³-hybridized carbons (Fsp3) is 0.0152. The molecular weight excluding hydrogens is 878 g/mol. The average Bonchev–Trinajstić information content (AvgIpc) is 3.75. The van der Waals surface area contributed by atoms with Gasteiger partial charge in [-0.1, -0.05) is 194 Å². The first-order valence-electron chi connectivity index (χ1n) is 23.8. The van der Waals surface area contributed by atoms with E-state index in [1.54, 1.807) is 0 Å². The van der Waals surface area contributed by atoms with Crippen LogP contribution in [0.5, 0.6) is 0 Å². The summed E-state index contributed by atoms with van der Waals surface area (Å²) >= 11 is 0. The van der Waals surface area contributed by atoms with Crippen LogP contribution in [0.2, 0.25) is 0 Å². The van der Waals surface area contributed by atoms with Gasteiger partial charge < -0.3 is 4.57 Å². The quantitative estimate of drug-likeness (QED) is 0.124. The zero-order valence-electron chi connectivity index (χ0n) is 38.0. The van der Waals surface area contributed by atoms with Crippen LogP contribution in [-0.2, 0) is 6.18 Å². The summed E-state index contributed by atoms with van der Waals surface area (Å²) in [5.74, 6) is 0. The van der Waals surface area contributed by atoms with Crippen molar-refractivity contribution in [2.45, 2.75) is 6.18 Å². The molecule has 0 aliphatic rings. The molecule has 0 radical (unpaired) electrons. The molecule has 2 nitrogen and oxygen atoms in total. The minimum Gasteiger partial charge on any atom is -0.307 e. The van der Waals surface area contributed by atoms with Gasteiger partial charge in [-0.2, -0.15) is 13.2 Å². The molecule has 0 atom stereocenters. The molecule has 71 heavy (non-hydrogen) atoms. The van der Waals surface area contributed by atoms with Crippen LogP contribution < -0.4 is 0 Å². The lowest BCUT2D eigenvalue weighted by Crippen LogP contribution is -2.06. The van der Waals surface area contributed by atoms with Gasteiger partial charge in [-0.25, -0.2) is 0 Å². The lowest BCUT2D eigenvalue weighted by atomic mass is 9.81. The predicted octanol–water partition coefficient (Wildman–Crippen LogP) is 18.8. The van der Waals surface area contributed by atoms with Gasteiger partial charge in [0.05, 0.1) is 27.8 Å². The number of pyridine rings is 1. The van der Waals surface area contributed by atoms with Crippen molar-refractivity contribution in [2.24, 2.45) is 0 Å². The van der Waals surface area contributed by atoms with Crippen molar-refractivity contribution < 1.29 is 13.2 Å². The maximum atomic E-state index is 14.4. The molecule has 0 aliphatic carbocycles. The number of nitrogens with zero attached hydrogens (tertiary/aromatic N) is 2. The Morgan fingerprint density at radius 1 is 0.324 bits per heavy atom. The maximum Gasteiger partial charge on any atom is 0.417 e. The van der Waals surface area contributed by atoms with Crippen LogP contribution in [-0.4, -0.2) is 9.55 Å². The second-order valence-corrected chi connectivity index (χ2v) is 18.4. The highest BCUT2D eigenvalue weighted by atomic mass is 19.4. The van der Waals surface area contributed by atoms with Gasteiger partial charge >= 0.3 is 6.18 Å². The number of rotatable bonds is 5. The van der Waals surface area contributed by atoms with Gasteiger partial charge in [0.1, 0.15) is 0 Å². The van der Waals surface area contributed by atoms with Crippen LogP contribution in [0.3, 0.4) is 0 Å². The van der Waals surface area contributed by atoms with Crippen molar-refractivity contribution in [3.05, 3.63) is 242 Å². The lowest BCUT2D eigenvalue weighted by molar-refractivity contribution is -0.137. The summed E-state index contributed by atoms with van der Waals surface area (Å²) in [6, 6.07) is 80.6. The molecule has 0 N–H and O–H groups in total. The van der Waals surface area contributed by atoms with Crippen LogP contribution in [0, 0.1) is 0 Å². The minimum atomic E-state index is -4.56. The standard InChI is InChI=1S/C66H39F3N2/c67-66(68,69)43-38-62-65(70-39-43)56-30-14-16-32-61(56)71(62)60-31-15-13-27-52(60)49-24-6-5-21-46(49)42-33-34-55-59(37-42)64(58-36-41-18-2-4-20-45(41)48-23-8-10-26-51(48)58)54-29-12-11-28-53(54)63(55)57-35-40-17-1-3-19-44(40)47-22-7-9-25-50(47)57/h1-39H. The SMILES string of the molecule is FC(F)(F)c1cnc2c3ccccc3n(-c3ccccc3-c3ccccc3-c3ccc4c(-c5cc6ccccc6c6ccccc56)c5ccccc5c(-c5cc6ccccc6c6ccccc56)c4c3)c2c1. The number of aromatic nitrogens is 2. The van der Waals surface area contributed by atoms with Crippen LogP contribution in [0.25, 0.3) is 137 Å². The zero-order valence-corrected chi connectivity index (χ0v) is 38.0. The van der Waals surface area contributed by atoms with Crippen molar-refractivity contribution >= 4 is 86.6 Å². The van der Waals surface area contributed by atoms with Crippen molar-refractivity contribution in [2.75, 3.05) is 0 Å². The second-order valence-electron chi connectivity index (χ2n) is 18.4. The molecule has 14 rings (SSSR count). The summed E-state index contributed by atoms with van der Waals surface area (Å²) < 4.78 is 45.1. The smallest absolute Gasteiger partial charge is 0.307 e. The highest BCUT2D eigenvalue weighted by Gasteiger charge is 2.32. The van der Waals surface area contributed by atoms with Gasteiger partial charge in [0, 0.05) is 17.1 Å². The fourth-order valence-corrected chi connectivity index (χ4v) is 11.6. The Hall–Kier alpha value is -9.06. The summed E-state index contributed by atoms with van der Waals surface area (Å²) in [6.45, 7) is 0. The van der Waals surface area contributed by atoms with E-state index in [1.807, 2.05) is 53.1 Å². The van der Waals surface area contributed by atoms with Gasteiger partial charge in [0.25, 0.3) is 0 Å². The van der Waals surface area contributed by atoms with Crippen molar-refractivity contribution in [1.82, 2.24) is 9.55 Å². The monoisotopic (exact) mass is 916 g/mol. The van der Waals surface area contributed by atoms with Gasteiger partial charge in [-0.3, -0.25) is 4.98 Å². The van der Waals surface area contributed by atoms with Crippen LogP contribution >= 0.6 is 0 Å². The summed E-state index contributed by atoms with van der Waals surface area (Å²) in [5, 5.41) is 14.9. The first kappa shape index (κ1) is 41.0. The Kier molecular flexibility index (Phi) is 9.08. The Bertz CT molecular complexity index is 4520. The van der Waals surface area contributed by atoms with E-state index in [0.717, 1.165) is 72.3 Å². The molecule has 334 valence electrons. The Balaban J connectivity index is 1.08. The van der Waals surface area contributed by atoms with E-state index < -0.39 is 11.7 Å². The van der Waals surface area contributed by atoms with Gasteiger partial charge in [0.15, 0.2) is 0 Å². The van der Waals surface area contributed by atoms with E-state index in [0.29, 0.717) is 11.0 Å². The molecule has 12 aromatic carbocycles. The topological polar surface area (TPSA) is 17.8 Å². The minimum absolute atomic E-state index is 0.393. The van der Waals surface area contributed by atoms with E-state index in [2.05, 4.69) is 181 Å². The van der Waals surface area contributed by atoms with E-state index in [-0.39, 0.29) is 0 Å². The van der Waals surface area contributed by atoms with Gasteiger partial charge in [0.2, 0.25) is 0 Å². The van der Waals surface area contributed by atoms with Crippen LogP contribution in [0.15, 0.2) is 237 Å². The number of halogens is 3. The van der Waals surface area contributed by atoms with Gasteiger partial charge in [-0.05, 0) is 140 Å². The molecule has 0 saturated heterocycles. The molecule has 0 bridgehead atoms. The van der Waals surface area contributed by atoms with E-state index in [4.69, 9.17) is 0 Å². The first-order valence-corrected chi connectivity index (χ1v) is 23.8. The summed E-state index contributed by atoms with van der Waals surface area (Å²) in [5.41, 5.74) is 10.2. The third kappa shape index (κ3) is 6.33. The molecule has 2 heterocycles. The van der Waals surface area contributed by atoms with Crippen LogP contribution in [0.4, 0.5) is 13.2 Å². The third-order valence-corrected chi connectivity index (χ3v) is 14.6. The zero-order chi connectivity index (χ0) is 47.4. The highest BCUT2D eigenvalue weighted by molar-refractivity contribution is 6.29. The number of alkyl halides is 3. The molecule has 0 amide bonds. The summed E-state index contributed by atoms with van der Waals surface area (Å²) in [4.78, 5) is 4.43. The number of benzene rings is 12. The highest BCUT2D eigenvalue weighted by Crippen LogP contribution is 2.50. The molecule has 0 aliphatic heterocycles. The fourth-order valence-electron chi connectivity index (χ4n) is 11.6. The normalized spacial score (nSPS) is 12.2. The molecule has 0 spiro atoms. The molecule has 0 saturated carbocycles. The van der Waals surface area contributed by atoms with Crippen molar-refractivity contribution in [3.63, 3.8) is 0 Å². The van der Waals surface area contributed by atoms with E-state index >= 15 is 0 Å². The second kappa shape index (κ2) is 15.7. The molecule has 2 aromatic heterocycles. The largest absolute Gasteiger partial charge is 0.417 e. The molecular formula is C66H39F3N2. The average molecular weight is 917 g/mol. The Morgan fingerprint density at radius 3 is 1.41 bits per heavy atom. The van der Waals surface area contributed by atoms with Gasteiger partial charge in [-0.15, -0.1) is 0 Å². The maximum absolute atomic E-state index is 14.4. The lowest BCUT2D eigenvalue weighted by Gasteiger charge is -2.22. The number of para-hydroxylation sites is 2. The third-order valence-electron chi connectivity index (χ3n) is 14.6. The van der Waals surface area contributed by atoms with Crippen molar-refractivity contribution in [1.29, 1.82) is 0 Å². The molecule has 0 unspecified atom stereocenters. The molecule has 5 heteroatoms. The number of hydrogen-bond donors (Lipinski definition) is 0. The summed E-state index contributed by atoms with van der Waals surface area (Å²) in [6.07, 6.45) is -3.62. The first-order chi connectivity index (χ1) is 34.9. The van der Waals surface area contributed by atoms with Crippen LogP contribution in [0.1, 0.15) is 5.56 Å². The Labute approximate surface area is 406 Å². The van der Waals surface area contributed by atoms with Crippen molar-refractivity contribution in [3.8, 4) is 50.2 Å². The predicted molar refractivity (Wildman–Crippen MR) is 290 cm³/mol. The van der Waals surface area contributed by atoms with E-state index in [9.17, 15) is 13.2 Å². The molecule has 0 fully saturated rings. The van der Waals surface area contributed by atoms with E-state index in [1.165, 1.54) is 65.7 Å².